The molecule has 0 bridgehead atoms. The molecule has 0 radical (unpaired) electrons. The average molecular weight is 327 g/mol. The first-order chi connectivity index (χ1) is 11.6. The minimum Gasteiger partial charge on any atom is -0.337 e. The molecule has 1 aliphatic heterocycles. The Morgan fingerprint density at radius 2 is 2.12 bits per heavy atom. The summed E-state index contributed by atoms with van der Waals surface area (Å²) in [6.07, 6.45) is 3.37. The predicted molar refractivity (Wildman–Crippen MR) is 90.6 cm³/mol. The molecule has 0 aromatic carbocycles. The van der Waals surface area contributed by atoms with Crippen LogP contribution in [0.5, 0.6) is 0 Å². The van der Waals surface area contributed by atoms with Gasteiger partial charge in [0.05, 0.1) is 6.42 Å². The van der Waals surface area contributed by atoms with Gasteiger partial charge in [0, 0.05) is 54.9 Å². The molecule has 1 saturated heterocycles. The number of aryl methyl sites for hydroxylation is 1. The van der Waals surface area contributed by atoms with E-state index in [9.17, 15) is 9.59 Å². The molecule has 2 aromatic rings. The van der Waals surface area contributed by atoms with Crippen molar-refractivity contribution in [2.75, 3.05) is 19.6 Å². The van der Waals surface area contributed by atoms with E-state index in [1.165, 1.54) is 0 Å². The number of piperazine rings is 1. The number of rotatable bonds is 3. The largest absolute Gasteiger partial charge is 0.337 e. The number of aromatic nitrogens is 3. The van der Waals surface area contributed by atoms with Gasteiger partial charge in [0.2, 0.25) is 5.91 Å². The lowest BCUT2D eigenvalue weighted by Crippen LogP contribution is -2.52. The maximum atomic E-state index is 12.5. The molecule has 0 spiro atoms. The third-order valence-corrected chi connectivity index (χ3v) is 4.33. The fourth-order valence-electron chi connectivity index (χ4n) is 2.93. The molecule has 0 saturated carbocycles. The number of carbonyl (C=O) groups is 1. The maximum Gasteiger partial charge on any atom is 0.255 e. The van der Waals surface area contributed by atoms with Crippen molar-refractivity contribution in [1.29, 1.82) is 0 Å². The molecule has 126 valence electrons. The molecule has 1 atom stereocenters. The third-order valence-electron chi connectivity index (χ3n) is 4.33. The number of hydrogen-bond acceptors (Lipinski definition) is 5. The lowest BCUT2D eigenvalue weighted by atomic mass is 10.1. The molecule has 3 rings (SSSR count). The minimum atomic E-state index is -0.259. The van der Waals surface area contributed by atoms with Gasteiger partial charge in [-0.25, -0.2) is 4.98 Å². The number of aromatic amines is 1. The van der Waals surface area contributed by atoms with Gasteiger partial charge in [0.1, 0.15) is 5.82 Å². The van der Waals surface area contributed by atoms with Crippen molar-refractivity contribution in [2.45, 2.75) is 26.3 Å². The van der Waals surface area contributed by atoms with Crippen molar-refractivity contribution in [3.05, 3.63) is 46.1 Å². The van der Waals surface area contributed by atoms with Crippen LogP contribution in [0.15, 0.2) is 29.3 Å². The van der Waals surface area contributed by atoms with E-state index in [1.807, 2.05) is 11.8 Å². The van der Waals surface area contributed by atoms with Gasteiger partial charge in [0.15, 0.2) is 0 Å². The molecule has 1 amide bonds. The van der Waals surface area contributed by atoms with Crippen molar-refractivity contribution in [1.82, 2.24) is 25.2 Å². The molecule has 7 heteroatoms. The molecular formula is C17H21N5O2. The number of H-pyrrole nitrogens is 1. The summed E-state index contributed by atoms with van der Waals surface area (Å²) in [5.41, 5.74) is 1.55. The van der Waals surface area contributed by atoms with E-state index in [2.05, 4.69) is 20.3 Å². The second kappa shape index (κ2) is 6.92. The zero-order chi connectivity index (χ0) is 17.1. The highest BCUT2D eigenvalue weighted by molar-refractivity contribution is 5.79. The zero-order valence-electron chi connectivity index (χ0n) is 13.9. The van der Waals surface area contributed by atoms with Crippen LogP contribution in [0.3, 0.4) is 0 Å². The quantitative estimate of drug-likeness (QED) is 0.857. The normalized spacial score (nSPS) is 17.8. The van der Waals surface area contributed by atoms with Crippen LogP contribution >= 0.6 is 0 Å². The van der Waals surface area contributed by atoms with Crippen LogP contribution in [-0.2, 0) is 11.2 Å². The minimum absolute atomic E-state index is 0.0314. The van der Waals surface area contributed by atoms with Gasteiger partial charge in [-0.05, 0) is 26.0 Å². The van der Waals surface area contributed by atoms with Gasteiger partial charge in [-0.1, -0.05) is 0 Å². The Morgan fingerprint density at radius 1 is 1.38 bits per heavy atom. The highest BCUT2D eigenvalue weighted by atomic mass is 16.2. The number of nitrogens with one attached hydrogen (secondary N) is 2. The van der Waals surface area contributed by atoms with Gasteiger partial charge in [-0.3, -0.25) is 14.6 Å². The highest BCUT2D eigenvalue weighted by Crippen LogP contribution is 2.14. The first-order valence-electron chi connectivity index (χ1n) is 8.06. The number of amides is 1. The molecule has 2 aromatic heterocycles. The predicted octanol–water partition coefficient (Wildman–Crippen LogP) is 0.503. The summed E-state index contributed by atoms with van der Waals surface area (Å²) in [4.78, 5) is 38.0. The van der Waals surface area contributed by atoms with E-state index in [0.717, 1.165) is 18.7 Å². The highest BCUT2D eigenvalue weighted by Gasteiger charge is 2.24. The summed E-state index contributed by atoms with van der Waals surface area (Å²) in [7, 11) is 0. The molecule has 1 aliphatic rings. The Morgan fingerprint density at radius 3 is 2.79 bits per heavy atom. The van der Waals surface area contributed by atoms with Gasteiger partial charge < -0.3 is 15.2 Å². The van der Waals surface area contributed by atoms with Crippen LogP contribution in [0.1, 0.15) is 18.2 Å². The molecule has 0 unspecified atom stereocenters. The number of hydrogen-bond donors (Lipinski definition) is 2. The summed E-state index contributed by atoms with van der Waals surface area (Å²) in [5, 5.41) is 3.25. The first-order valence-corrected chi connectivity index (χ1v) is 8.06. The second-order valence-electron chi connectivity index (χ2n) is 6.03. The molecule has 24 heavy (non-hydrogen) atoms. The van der Waals surface area contributed by atoms with E-state index < -0.39 is 0 Å². The van der Waals surface area contributed by atoms with E-state index in [-0.39, 0.29) is 23.9 Å². The molecular weight excluding hydrogens is 306 g/mol. The summed E-state index contributed by atoms with van der Waals surface area (Å²) < 4.78 is 0. The van der Waals surface area contributed by atoms with Crippen LogP contribution in [-0.4, -0.2) is 51.4 Å². The fraction of sp³-hybridized carbons (Fsp3) is 0.412. The number of nitrogens with zero attached hydrogens (tertiary/aromatic N) is 3. The van der Waals surface area contributed by atoms with Crippen molar-refractivity contribution in [3.8, 4) is 11.4 Å². The summed E-state index contributed by atoms with van der Waals surface area (Å²) in [5.74, 6) is 0.461. The zero-order valence-corrected chi connectivity index (χ0v) is 13.9. The van der Waals surface area contributed by atoms with Gasteiger partial charge in [-0.15, -0.1) is 0 Å². The lowest BCUT2D eigenvalue weighted by Gasteiger charge is -2.34. The van der Waals surface area contributed by atoms with Gasteiger partial charge in [0.25, 0.3) is 5.56 Å². The Kier molecular flexibility index (Phi) is 4.71. The summed E-state index contributed by atoms with van der Waals surface area (Å²) >= 11 is 0. The lowest BCUT2D eigenvalue weighted by molar-refractivity contribution is -0.133. The molecule has 7 nitrogen and oxygen atoms in total. The average Bonchev–Trinajstić information content (AvgIpc) is 2.59. The second-order valence-corrected chi connectivity index (χ2v) is 6.03. The standard InChI is InChI=1S/C17H21N5O2/c1-11-10-19-7-8-22(11)15(23)9-14-12(2)20-16(21-17(14)24)13-3-5-18-6-4-13/h3-6,11,19H,7-10H2,1-2H3,(H,20,21,24)/t11-/m0/s1. The van der Waals surface area contributed by atoms with Crippen molar-refractivity contribution >= 4 is 5.91 Å². The SMILES string of the molecule is Cc1nc(-c2ccncc2)[nH]c(=O)c1CC(=O)N1CCNC[C@@H]1C. The Labute approximate surface area is 140 Å². The van der Waals surface area contributed by atoms with Crippen LogP contribution in [0, 0.1) is 6.92 Å². The van der Waals surface area contributed by atoms with E-state index in [4.69, 9.17) is 0 Å². The maximum absolute atomic E-state index is 12.5. The van der Waals surface area contributed by atoms with Crippen molar-refractivity contribution in [3.63, 3.8) is 0 Å². The van der Waals surface area contributed by atoms with Crippen LogP contribution in [0.4, 0.5) is 0 Å². The Balaban J connectivity index is 1.84. The van der Waals surface area contributed by atoms with E-state index >= 15 is 0 Å². The molecule has 2 N–H and O–H groups in total. The summed E-state index contributed by atoms with van der Waals surface area (Å²) in [6, 6.07) is 3.70. The van der Waals surface area contributed by atoms with E-state index in [1.54, 1.807) is 31.5 Å². The smallest absolute Gasteiger partial charge is 0.255 e. The summed E-state index contributed by atoms with van der Waals surface area (Å²) in [6.45, 7) is 6.00. The third kappa shape index (κ3) is 3.35. The Hall–Kier alpha value is -2.54. The van der Waals surface area contributed by atoms with Crippen molar-refractivity contribution < 1.29 is 4.79 Å². The number of carbonyl (C=O) groups excluding carboxylic acids is 1. The Bertz CT molecular complexity index is 787. The van der Waals surface area contributed by atoms with Crippen LogP contribution < -0.4 is 10.9 Å². The molecule has 1 fully saturated rings. The van der Waals surface area contributed by atoms with Gasteiger partial charge in [-0.2, -0.15) is 0 Å². The molecule has 0 aliphatic carbocycles. The van der Waals surface area contributed by atoms with E-state index in [0.29, 0.717) is 23.6 Å². The number of pyridine rings is 1. The first kappa shape index (κ1) is 16.3. The fourth-order valence-corrected chi connectivity index (χ4v) is 2.93. The topological polar surface area (TPSA) is 91.0 Å². The van der Waals surface area contributed by atoms with Crippen LogP contribution in [0.25, 0.3) is 11.4 Å². The van der Waals surface area contributed by atoms with Crippen LogP contribution in [0.2, 0.25) is 0 Å². The van der Waals surface area contributed by atoms with Gasteiger partial charge >= 0.3 is 0 Å². The van der Waals surface area contributed by atoms with Crippen molar-refractivity contribution in [2.24, 2.45) is 0 Å². The molecule has 3 heterocycles. The monoisotopic (exact) mass is 327 g/mol.